The summed E-state index contributed by atoms with van der Waals surface area (Å²) in [6.45, 7) is 1.97. The van der Waals surface area contributed by atoms with Crippen LogP contribution in [0.15, 0.2) is 48.7 Å². The summed E-state index contributed by atoms with van der Waals surface area (Å²) in [5, 5.41) is 13.7. The summed E-state index contributed by atoms with van der Waals surface area (Å²) in [5.74, 6) is -0.961. The van der Waals surface area contributed by atoms with Crippen LogP contribution in [-0.2, 0) is 0 Å². The number of nitrogens with one attached hydrogen (secondary N) is 1. The van der Waals surface area contributed by atoms with Gasteiger partial charge in [-0.25, -0.2) is 4.79 Å². The number of aromatic carboxylic acids is 1. The maximum absolute atomic E-state index is 11.1. The van der Waals surface area contributed by atoms with Crippen LogP contribution >= 0.6 is 11.6 Å². The fourth-order valence-electron chi connectivity index (χ4n) is 2.35. The Labute approximate surface area is 132 Å². The number of fused-ring (bicyclic) bond motifs is 1. The van der Waals surface area contributed by atoms with E-state index in [0.29, 0.717) is 10.7 Å². The Morgan fingerprint density at radius 2 is 2.05 bits per heavy atom. The molecule has 0 spiro atoms. The molecule has 1 aromatic heterocycles. The lowest BCUT2D eigenvalue weighted by molar-refractivity contribution is 0.0697. The fourth-order valence-corrected chi connectivity index (χ4v) is 2.61. The number of hydrogen-bond donors (Lipinski definition) is 2. The zero-order valence-electron chi connectivity index (χ0n) is 11.8. The van der Waals surface area contributed by atoms with Crippen LogP contribution in [0.25, 0.3) is 10.9 Å². The lowest BCUT2D eigenvalue weighted by atomic mass is 10.1. The second-order valence-corrected chi connectivity index (χ2v) is 5.36. The molecule has 0 unspecified atom stereocenters. The highest BCUT2D eigenvalue weighted by molar-refractivity contribution is 6.36. The molecule has 4 nitrogen and oxygen atoms in total. The standard InChI is InChI=1S/C17H13ClN2O2/c1-10-5-6-13(18)15-14(7-8-19-16(10)15)20-12-4-2-3-11(9-12)17(21)22/h2-9H,1H3,(H,19,20)(H,21,22). The number of carboxylic acids is 1. The average Bonchev–Trinajstić information content (AvgIpc) is 2.51. The smallest absolute Gasteiger partial charge is 0.335 e. The van der Waals surface area contributed by atoms with Crippen molar-refractivity contribution in [1.29, 1.82) is 0 Å². The van der Waals surface area contributed by atoms with Gasteiger partial charge in [-0.15, -0.1) is 0 Å². The third-order valence-electron chi connectivity index (χ3n) is 3.43. The normalized spacial score (nSPS) is 10.6. The number of carboxylic acid groups (broad SMARTS) is 1. The van der Waals surface area contributed by atoms with Crippen molar-refractivity contribution in [3.63, 3.8) is 0 Å². The van der Waals surface area contributed by atoms with Crippen LogP contribution in [0, 0.1) is 6.92 Å². The number of aryl methyl sites for hydroxylation is 1. The van der Waals surface area contributed by atoms with Crippen molar-refractivity contribution < 1.29 is 9.90 Å². The Hall–Kier alpha value is -2.59. The SMILES string of the molecule is Cc1ccc(Cl)c2c(Nc3cccc(C(=O)O)c3)ccnc12. The number of aromatic nitrogens is 1. The van der Waals surface area contributed by atoms with Crippen LogP contribution in [-0.4, -0.2) is 16.1 Å². The number of pyridine rings is 1. The highest BCUT2D eigenvalue weighted by Gasteiger charge is 2.10. The van der Waals surface area contributed by atoms with E-state index in [-0.39, 0.29) is 5.56 Å². The summed E-state index contributed by atoms with van der Waals surface area (Å²) in [7, 11) is 0. The molecule has 3 rings (SSSR count). The molecule has 0 saturated carbocycles. The molecule has 0 saturated heterocycles. The van der Waals surface area contributed by atoms with Crippen molar-refractivity contribution in [2.24, 2.45) is 0 Å². The molecule has 0 radical (unpaired) electrons. The van der Waals surface area contributed by atoms with Crippen molar-refractivity contribution >= 4 is 39.8 Å². The van der Waals surface area contributed by atoms with Crippen molar-refractivity contribution in [1.82, 2.24) is 4.98 Å². The highest BCUT2D eigenvalue weighted by Crippen LogP contribution is 2.32. The third-order valence-corrected chi connectivity index (χ3v) is 3.75. The maximum Gasteiger partial charge on any atom is 0.335 e. The first kappa shape index (κ1) is 14.4. The lowest BCUT2D eigenvalue weighted by Crippen LogP contribution is -1.98. The van der Waals surface area contributed by atoms with Crippen LogP contribution in [0.3, 0.4) is 0 Å². The molecule has 2 aromatic carbocycles. The van der Waals surface area contributed by atoms with Gasteiger partial charge in [0.2, 0.25) is 0 Å². The van der Waals surface area contributed by atoms with Crippen LogP contribution in [0.5, 0.6) is 0 Å². The van der Waals surface area contributed by atoms with Crippen LogP contribution < -0.4 is 5.32 Å². The number of rotatable bonds is 3. The first-order valence-corrected chi connectivity index (χ1v) is 7.08. The van der Waals surface area contributed by atoms with E-state index in [0.717, 1.165) is 22.2 Å². The van der Waals surface area contributed by atoms with Crippen LogP contribution in [0.2, 0.25) is 5.02 Å². The largest absolute Gasteiger partial charge is 0.478 e. The quantitative estimate of drug-likeness (QED) is 0.739. The molecular weight excluding hydrogens is 300 g/mol. The fraction of sp³-hybridized carbons (Fsp3) is 0.0588. The molecule has 0 amide bonds. The van der Waals surface area contributed by atoms with Gasteiger partial charge in [0.25, 0.3) is 0 Å². The van der Waals surface area contributed by atoms with Gasteiger partial charge in [-0.05, 0) is 42.8 Å². The minimum atomic E-state index is -0.961. The van der Waals surface area contributed by atoms with Gasteiger partial charge in [0.1, 0.15) is 0 Å². The topological polar surface area (TPSA) is 62.2 Å². The summed E-state index contributed by atoms with van der Waals surface area (Å²) in [4.78, 5) is 15.4. The molecular formula is C17H13ClN2O2. The van der Waals surface area contributed by atoms with Crippen molar-refractivity contribution in [3.8, 4) is 0 Å². The first-order chi connectivity index (χ1) is 10.6. The van der Waals surface area contributed by atoms with Crippen molar-refractivity contribution in [2.45, 2.75) is 6.92 Å². The molecule has 110 valence electrons. The number of halogens is 1. The molecule has 1 heterocycles. The number of anilines is 2. The van der Waals surface area contributed by atoms with Gasteiger partial charge in [-0.1, -0.05) is 23.7 Å². The lowest BCUT2D eigenvalue weighted by Gasteiger charge is -2.12. The third kappa shape index (κ3) is 2.61. The van der Waals surface area contributed by atoms with Gasteiger partial charge >= 0.3 is 5.97 Å². The van der Waals surface area contributed by atoms with Crippen molar-refractivity contribution in [3.05, 3.63) is 64.8 Å². The molecule has 0 bridgehead atoms. The van der Waals surface area contributed by atoms with E-state index in [2.05, 4.69) is 10.3 Å². The molecule has 0 aliphatic carbocycles. The number of benzene rings is 2. The zero-order chi connectivity index (χ0) is 15.7. The summed E-state index contributed by atoms with van der Waals surface area (Å²) < 4.78 is 0. The zero-order valence-corrected chi connectivity index (χ0v) is 12.6. The van der Waals surface area contributed by atoms with Gasteiger partial charge in [0.15, 0.2) is 0 Å². The molecule has 3 aromatic rings. The van der Waals surface area contributed by atoms with E-state index in [1.807, 2.05) is 31.2 Å². The number of hydrogen-bond acceptors (Lipinski definition) is 3. The summed E-state index contributed by atoms with van der Waals surface area (Å²) in [5.41, 5.74) is 3.56. The Morgan fingerprint density at radius 1 is 1.23 bits per heavy atom. The minimum Gasteiger partial charge on any atom is -0.478 e. The van der Waals surface area contributed by atoms with Crippen LogP contribution in [0.4, 0.5) is 11.4 Å². The Morgan fingerprint density at radius 3 is 2.82 bits per heavy atom. The molecule has 0 atom stereocenters. The van der Waals surface area contributed by atoms with E-state index in [1.54, 1.807) is 24.4 Å². The van der Waals surface area contributed by atoms with Crippen molar-refractivity contribution in [2.75, 3.05) is 5.32 Å². The number of nitrogens with zero attached hydrogens (tertiary/aromatic N) is 1. The number of carbonyl (C=O) groups is 1. The van der Waals surface area contributed by atoms with E-state index >= 15 is 0 Å². The van der Waals surface area contributed by atoms with Gasteiger partial charge in [0.05, 0.1) is 21.8 Å². The average molecular weight is 313 g/mol. The van der Waals surface area contributed by atoms with Gasteiger partial charge in [-0.2, -0.15) is 0 Å². The Balaban J connectivity index is 2.10. The van der Waals surface area contributed by atoms with Gasteiger partial charge in [0, 0.05) is 17.3 Å². The Bertz CT molecular complexity index is 878. The molecule has 2 N–H and O–H groups in total. The van der Waals surface area contributed by atoms with E-state index in [1.165, 1.54) is 0 Å². The summed E-state index contributed by atoms with van der Waals surface area (Å²) in [6.07, 6.45) is 1.70. The predicted octanol–water partition coefficient (Wildman–Crippen LogP) is 4.64. The van der Waals surface area contributed by atoms with E-state index in [9.17, 15) is 4.79 Å². The Kier molecular flexibility index (Phi) is 3.69. The highest BCUT2D eigenvalue weighted by atomic mass is 35.5. The molecule has 5 heteroatoms. The van der Waals surface area contributed by atoms with E-state index < -0.39 is 5.97 Å². The molecule has 22 heavy (non-hydrogen) atoms. The molecule has 0 aliphatic heterocycles. The van der Waals surface area contributed by atoms with E-state index in [4.69, 9.17) is 16.7 Å². The van der Waals surface area contributed by atoms with Gasteiger partial charge < -0.3 is 10.4 Å². The summed E-state index contributed by atoms with van der Waals surface area (Å²) in [6, 6.07) is 12.2. The van der Waals surface area contributed by atoms with Gasteiger partial charge in [-0.3, -0.25) is 4.98 Å². The maximum atomic E-state index is 11.1. The molecule has 0 aliphatic rings. The second kappa shape index (κ2) is 5.66. The first-order valence-electron chi connectivity index (χ1n) is 6.70. The molecule has 0 fully saturated rings. The second-order valence-electron chi connectivity index (χ2n) is 4.96. The minimum absolute atomic E-state index is 0.227. The monoisotopic (exact) mass is 312 g/mol. The predicted molar refractivity (Wildman–Crippen MR) is 88.2 cm³/mol. The summed E-state index contributed by atoms with van der Waals surface area (Å²) >= 11 is 6.31. The van der Waals surface area contributed by atoms with Crippen LogP contribution in [0.1, 0.15) is 15.9 Å².